The zero-order valence-corrected chi connectivity index (χ0v) is 14.9. The number of halogens is 1. The van der Waals surface area contributed by atoms with Crippen molar-refractivity contribution in [2.45, 2.75) is 16.3 Å². The molecule has 3 N–H and O–H groups in total. The van der Waals surface area contributed by atoms with Crippen LogP contribution in [0.3, 0.4) is 0 Å². The van der Waals surface area contributed by atoms with Gasteiger partial charge in [0.25, 0.3) is 0 Å². The van der Waals surface area contributed by atoms with E-state index in [4.69, 9.17) is 16.7 Å². The van der Waals surface area contributed by atoms with Gasteiger partial charge in [0, 0.05) is 6.54 Å². The molecule has 0 aliphatic heterocycles. The zero-order valence-electron chi connectivity index (χ0n) is 12.5. The lowest BCUT2D eigenvalue weighted by molar-refractivity contribution is -0.255. The van der Waals surface area contributed by atoms with Crippen molar-refractivity contribution >= 4 is 37.6 Å². The monoisotopic (exact) mass is 403 g/mol. The molecule has 0 unspecified atom stereocenters. The Kier molecular flexibility index (Phi) is 5.49. The minimum absolute atomic E-state index is 0.108. The van der Waals surface area contributed by atoms with Crippen LogP contribution in [-0.4, -0.2) is 22.8 Å². The van der Waals surface area contributed by atoms with E-state index >= 15 is 0 Å². The van der Waals surface area contributed by atoms with Crippen LogP contribution in [-0.2, 0) is 26.6 Å². The third kappa shape index (κ3) is 4.77. The van der Waals surface area contributed by atoms with Gasteiger partial charge in [-0.1, -0.05) is 29.8 Å². The predicted octanol–water partition coefficient (Wildman–Crippen LogP) is -0.171. The number of carboxylic acid groups (broad SMARTS) is 1. The molecule has 0 amide bonds. The van der Waals surface area contributed by atoms with Gasteiger partial charge in [0.2, 0.25) is 20.0 Å². The Balaban J connectivity index is 2.22. The molecule has 134 valence electrons. The number of sulfonamides is 2. The Morgan fingerprint density at radius 1 is 1.08 bits per heavy atom. The Bertz CT molecular complexity index is 1020. The Labute approximate surface area is 149 Å². The van der Waals surface area contributed by atoms with Gasteiger partial charge in [-0.25, -0.2) is 26.7 Å². The molecule has 0 aromatic heterocycles. The summed E-state index contributed by atoms with van der Waals surface area (Å²) in [7, 11) is -7.94. The van der Waals surface area contributed by atoms with Crippen LogP contribution in [0.25, 0.3) is 0 Å². The quantitative estimate of drug-likeness (QED) is 0.684. The first-order valence-corrected chi connectivity index (χ1v) is 10.0. The average Bonchev–Trinajstić information content (AvgIpc) is 2.52. The number of benzene rings is 2. The average molecular weight is 404 g/mol. The van der Waals surface area contributed by atoms with Gasteiger partial charge in [0.05, 0.1) is 15.9 Å². The van der Waals surface area contributed by atoms with Gasteiger partial charge >= 0.3 is 0 Å². The van der Waals surface area contributed by atoms with Gasteiger partial charge < -0.3 is 9.90 Å². The highest BCUT2D eigenvalue weighted by Gasteiger charge is 2.18. The molecule has 2 aromatic rings. The van der Waals surface area contributed by atoms with Crippen LogP contribution in [0, 0.1) is 0 Å². The predicted molar refractivity (Wildman–Crippen MR) is 87.6 cm³/mol. The number of nitrogens with one attached hydrogen (secondary N) is 1. The first kappa shape index (κ1) is 19.3. The normalized spacial score (nSPS) is 12.1. The summed E-state index contributed by atoms with van der Waals surface area (Å²) in [6.45, 7) is -0.168. The maximum atomic E-state index is 12.3. The van der Waals surface area contributed by atoms with E-state index in [0.717, 1.165) is 18.2 Å². The topological polar surface area (TPSA) is 146 Å². The molecule has 0 heterocycles. The number of primary sulfonamides is 1. The van der Waals surface area contributed by atoms with Crippen LogP contribution in [0.2, 0.25) is 5.02 Å². The van der Waals surface area contributed by atoms with E-state index in [-0.39, 0.29) is 22.0 Å². The largest absolute Gasteiger partial charge is 0.545 e. The molecule has 0 spiro atoms. The molecule has 2 rings (SSSR count). The molecule has 0 atom stereocenters. The lowest BCUT2D eigenvalue weighted by Gasteiger charge is -2.11. The summed E-state index contributed by atoms with van der Waals surface area (Å²) < 4.78 is 49.2. The Morgan fingerprint density at radius 3 is 2.20 bits per heavy atom. The fourth-order valence-corrected chi connectivity index (χ4v) is 3.95. The molecule has 0 bridgehead atoms. The Morgan fingerprint density at radius 2 is 1.68 bits per heavy atom. The van der Waals surface area contributed by atoms with Crippen molar-refractivity contribution in [3.63, 3.8) is 0 Å². The molecular weight excluding hydrogens is 392 g/mol. The molecular formula is C14H12ClN2O6S2-. The van der Waals surface area contributed by atoms with E-state index < -0.39 is 30.9 Å². The Hall–Kier alpha value is -1.98. The molecule has 0 fully saturated rings. The highest BCUT2D eigenvalue weighted by molar-refractivity contribution is 7.89. The molecule has 8 nitrogen and oxygen atoms in total. The number of carbonyl (C=O) groups is 1. The summed E-state index contributed by atoms with van der Waals surface area (Å²) in [4.78, 5) is 10.3. The minimum atomic E-state index is -4.10. The maximum Gasteiger partial charge on any atom is 0.242 e. The number of nitrogens with two attached hydrogens (primary N) is 1. The molecule has 0 radical (unpaired) electrons. The second kappa shape index (κ2) is 7.10. The van der Waals surface area contributed by atoms with Crippen molar-refractivity contribution in [2.24, 2.45) is 5.14 Å². The van der Waals surface area contributed by atoms with Gasteiger partial charge in [-0.2, -0.15) is 0 Å². The number of carbonyl (C=O) groups excluding carboxylic acids is 1. The van der Waals surface area contributed by atoms with Crippen molar-refractivity contribution in [3.05, 3.63) is 58.6 Å². The summed E-state index contributed by atoms with van der Waals surface area (Å²) in [5, 5.41) is 15.7. The number of hydrogen-bond acceptors (Lipinski definition) is 6. The summed E-state index contributed by atoms with van der Waals surface area (Å²) in [6, 6.07) is 8.42. The van der Waals surface area contributed by atoms with Crippen molar-refractivity contribution < 1.29 is 26.7 Å². The number of carboxylic acids is 1. The van der Waals surface area contributed by atoms with Crippen LogP contribution in [0.4, 0.5) is 0 Å². The minimum Gasteiger partial charge on any atom is -0.545 e. The second-order valence-electron chi connectivity index (χ2n) is 4.95. The van der Waals surface area contributed by atoms with Crippen LogP contribution in [0.5, 0.6) is 0 Å². The molecule has 2 aromatic carbocycles. The lowest BCUT2D eigenvalue weighted by Crippen LogP contribution is -2.26. The van der Waals surface area contributed by atoms with Crippen molar-refractivity contribution in [1.29, 1.82) is 0 Å². The number of aromatic carboxylic acids is 1. The van der Waals surface area contributed by atoms with Crippen LogP contribution in [0.1, 0.15) is 15.9 Å². The fraction of sp³-hybridized carbons (Fsp3) is 0.0714. The van der Waals surface area contributed by atoms with E-state index in [1.54, 1.807) is 0 Å². The third-order valence-electron chi connectivity index (χ3n) is 3.17. The molecule has 0 aliphatic rings. The SMILES string of the molecule is NS(=O)(=O)c1ccc(CNS(=O)(=O)c2cc(C(=O)[O-])ccc2Cl)cc1. The van der Waals surface area contributed by atoms with Gasteiger partial charge in [-0.15, -0.1) is 0 Å². The van der Waals surface area contributed by atoms with E-state index in [1.165, 1.54) is 24.3 Å². The van der Waals surface area contributed by atoms with E-state index in [2.05, 4.69) is 4.72 Å². The van der Waals surface area contributed by atoms with Crippen molar-refractivity contribution in [3.8, 4) is 0 Å². The lowest BCUT2D eigenvalue weighted by atomic mass is 10.2. The molecule has 11 heteroatoms. The molecule has 0 saturated carbocycles. The number of hydrogen-bond donors (Lipinski definition) is 2. The summed E-state index contributed by atoms with van der Waals surface area (Å²) >= 11 is 5.83. The van der Waals surface area contributed by atoms with Gasteiger partial charge in [-0.3, -0.25) is 0 Å². The molecule has 25 heavy (non-hydrogen) atoms. The van der Waals surface area contributed by atoms with Crippen molar-refractivity contribution in [2.75, 3.05) is 0 Å². The highest BCUT2D eigenvalue weighted by Crippen LogP contribution is 2.22. The van der Waals surface area contributed by atoms with Gasteiger partial charge in [0.15, 0.2) is 0 Å². The van der Waals surface area contributed by atoms with E-state index in [0.29, 0.717) is 5.56 Å². The third-order valence-corrected chi connectivity index (χ3v) is 5.99. The number of rotatable bonds is 6. The van der Waals surface area contributed by atoms with Gasteiger partial charge in [-0.05, 0) is 35.4 Å². The maximum absolute atomic E-state index is 12.3. The second-order valence-corrected chi connectivity index (χ2v) is 8.65. The summed E-state index contributed by atoms with van der Waals surface area (Å²) in [5.74, 6) is -1.54. The fourth-order valence-electron chi connectivity index (χ4n) is 1.89. The first-order valence-electron chi connectivity index (χ1n) is 6.63. The van der Waals surface area contributed by atoms with E-state index in [9.17, 15) is 26.7 Å². The van der Waals surface area contributed by atoms with Crippen molar-refractivity contribution in [1.82, 2.24) is 4.72 Å². The van der Waals surface area contributed by atoms with Crippen LogP contribution >= 0.6 is 11.6 Å². The van der Waals surface area contributed by atoms with E-state index in [1.807, 2.05) is 0 Å². The first-order chi connectivity index (χ1) is 11.5. The van der Waals surface area contributed by atoms with Crippen LogP contribution < -0.4 is 15.0 Å². The standard InChI is InChI=1S/C14H13ClN2O6S2/c15-12-6-3-10(14(18)19)7-13(12)25(22,23)17-8-9-1-4-11(5-2-9)24(16,20)21/h1-7,17H,8H2,(H,18,19)(H2,16,20,21)/p-1. The highest BCUT2D eigenvalue weighted by atomic mass is 35.5. The summed E-state index contributed by atoms with van der Waals surface area (Å²) in [6.07, 6.45) is 0. The summed E-state index contributed by atoms with van der Waals surface area (Å²) in [5.41, 5.74) is 0.130. The van der Waals surface area contributed by atoms with Crippen LogP contribution in [0.15, 0.2) is 52.3 Å². The van der Waals surface area contributed by atoms with Gasteiger partial charge in [0.1, 0.15) is 4.90 Å². The molecule has 0 aliphatic carbocycles. The zero-order chi connectivity index (χ0) is 18.8. The smallest absolute Gasteiger partial charge is 0.242 e. The molecule has 0 saturated heterocycles.